The summed E-state index contributed by atoms with van der Waals surface area (Å²) in [4.78, 5) is 8.43. The first kappa shape index (κ1) is 22.2. The maximum Gasteiger partial charge on any atom is 0.0742 e. The number of rotatable bonds is 4. The van der Waals surface area contributed by atoms with Crippen molar-refractivity contribution >= 4 is 11.4 Å². The molecule has 0 amide bonds. The Morgan fingerprint density at radius 2 is 0.947 bits per heavy atom. The standard InChI is InChI=1S/C35H25N3/c1-3-7-29(8-4-1)35(30-9-5-2-6-10-30)31-13-11-28(26-17-21-37-22-18-26)24-34(31)38-33-14-12-27(23-32(33)35)25-15-19-36-20-16-25/h1-24,38H. The molecule has 4 aromatic carbocycles. The molecule has 0 aliphatic carbocycles. The lowest BCUT2D eigenvalue weighted by Crippen LogP contribution is -2.35. The molecule has 1 aliphatic rings. The molecule has 0 saturated carbocycles. The summed E-state index contributed by atoms with van der Waals surface area (Å²) in [7, 11) is 0. The zero-order chi connectivity index (χ0) is 25.4. The van der Waals surface area contributed by atoms with E-state index in [1.807, 2.05) is 24.8 Å². The molecular formula is C35H25N3. The summed E-state index contributed by atoms with van der Waals surface area (Å²) in [6.45, 7) is 0. The van der Waals surface area contributed by atoms with Gasteiger partial charge < -0.3 is 5.32 Å². The highest BCUT2D eigenvalue weighted by Crippen LogP contribution is 2.54. The molecule has 0 bridgehead atoms. The number of nitrogens with one attached hydrogen (secondary N) is 1. The van der Waals surface area contributed by atoms with Crippen LogP contribution in [0, 0.1) is 0 Å². The van der Waals surface area contributed by atoms with Crippen molar-refractivity contribution in [3.63, 3.8) is 0 Å². The van der Waals surface area contributed by atoms with Crippen LogP contribution < -0.4 is 5.32 Å². The largest absolute Gasteiger partial charge is 0.355 e. The van der Waals surface area contributed by atoms with Crippen LogP contribution >= 0.6 is 0 Å². The monoisotopic (exact) mass is 487 g/mol. The minimum atomic E-state index is -0.502. The van der Waals surface area contributed by atoms with Crippen molar-refractivity contribution < 1.29 is 0 Å². The molecule has 3 heterocycles. The number of hydrogen-bond donors (Lipinski definition) is 1. The number of benzene rings is 4. The molecule has 3 heteroatoms. The summed E-state index contributed by atoms with van der Waals surface area (Å²) in [5, 5.41) is 3.80. The van der Waals surface area contributed by atoms with E-state index >= 15 is 0 Å². The molecular weight excluding hydrogens is 462 g/mol. The van der Waals surface area contributed by atoms with Crippen LogP contribution in [0.25, 0.3) is 22.3 Å². The van der Waals surface area contributed by atoms with Crippen molar-refractivity contribution in [2.24, 2.45) is 0 Å². The van der Waals surface area contributed by atoms with Crippen molar-refractivity contribution in [2.75, 3.05) is 5.32 Å². The van der Waals surface area contributed by atoms with Gasteiger partial charge in [-0.1, -0.05) is 78.9 Å². The third-order valence-corrected chi connectivity index (χ3v) is 7.56. The Balaban J connectivity index is 1.56. The van der Waals surface area contributed by atoms with Gasteiger partial charge in [0, 0.05) is 36.2 Å². The van der Waals surface area contributed by atoms with Gasteiger partial charge in [-0.05, 0) is 87.0 Å². The van der Waals surface area contributed by atoms with E-state index in [4.69, 9.17) is 0 Å². The Morgan fingerprint density at radius 3 is 1.53 bits per heavy atom. The molecule has 0 saturated heterocycles. The second kappa shape index (κ2) is 9.13. The topological polar surface area (TPSA) is 37.8 Å². The first-order valence-electron chi connectivity index (χ1n) is 12.8. The number of nitrogens with zero attached hydrogens (tertiary/aromatic N) is 2. The van der Waals surface area contributed by atoms with Crippen LogP contribution in [0.2, 0.25) is 0 Å². The van der Waals surface area contributed by atoms with Crippen molar-refractivity contribution in [1.29, 1.82) is 0 Å². The summed E-state index contributed by atoms with van der Waals surface area (Å²) >= 11 is 0. The lowest BCUT2D eigenvalue weighted by molar-refractivity contribution is 0.741. The Kier molecular flexibility index (Phi) is 5.33. The van der Waals surface area contributed by atoms with E-state index < -0.39 is 5.41 Å². The Bertz CT molecular complexity index is 1670. The van der Waals surface area contributed by atoms with E-state index in [9.17, 15) is 0 Å². The quantitative estimate of drug-likeness (QED) is 0.272. The molecule has 0 unspecified atom stereocenters. The van der Waals surface area contributed by atoms with Gasteiger partial charge in [0.05, 0.1) is 5.41 Å². The van der Waals surface area contributed by atoms with Crippen LogP contribution in [-0.2, 0) is 5.41 Å². The normalized spacial score (nSPS) is 13.2. The average molecular weight is 488 g/mol. The molecule has 7 rings (SSSR count). The van der Waals surface area contributed by atoms with E-state index in [0.717, 1.165) is 28.1 Å². The molecule has 0 radical (unpaired) electrons. The average Bonchev–Trinajstić information content (AvgIpc) is 3.01. The minimum Gasteiger partial charge on any atom is -0.355 e. The van der Waals surface area contributed by atoms with Crippen LogP contribution in [0.1, 0.15) is 22.3 Å². The van der Waals surface area contributed by atoms with Crippen LogP contribution in [0.15, 0.2) is 146 Å². The van der Waals surface area contributed by atoms with Gasteiger partial charge in [0.25, 0.3) is 0 Å². The third kappa shape index (κ3) is 3.52. The highest BCUT2D eigenvalue weighted by molar-refractivity contribution is 5.86. The van der Waals surface area contributed by atoms with Crippen LogP contribution in [0.4, 0.5) is 11.4 Å². The number of pyridine rings is 2. The van der Waals surface area contributed by atoms with Gasteiger partial charge in [-0.15, -0.1) is 0 Å². The van der Waals surface area contributed by atoms with Crippen LogP contribution in [0.5, 0.6) is 0 Å². The molecule has 2 aromatic heterocycles. The number of anilines is 2. The summed E-state index contributed by atoms with van der Waals surface area (Å²) in [6.07, 6.45) is 7.39. The molecule has 1 aliphatic heterocycles. The van der Waals surface area contributed by atoms with Gasteiger partial charge in [-0.3, -0.25) is 9.97 Å². The Hall–Kier alpha value is -5.02. The fourth-order valence-corrected chi connectivity index (χ4v) is 5.84. The summed E-state index contributed by atoms with van der Waals surface area (Å²) in [5.41, 5.74) is 11.3. The van der Waals surface area contributed by atoms with Gasteiger partial charge in [0.2, 0.25) is 0 Å². The van der Waals surface area contributed by atoms with Gasteiger partial charge in [-0.2, -0.15) is 0 Å². The SMILES string of the molecule is c1ccc(C2(c3ccccc3)c3ccc(-c4ccncc4)cc3Nc3ccc(-c4ccncc4)cc32)cc1. The number of fused-ring (bicyclic) bond motifs is 2. The minimum absolute atomic E-state index is 0.502. The smallest absolute Gasteiger partial charge is 0.0742 e. The molecule has 180 valence electrons. The van der Waals surface area contributed by atoms with Crippen molar-refractivity contribution in [1.82, 2.24) is 9.97 Å². The third-order valence-electron chi connectivity index (χ3n) is 7.56. The Labute approximate surface area is 222 Å². The second-order valence-electron chi connectivity index (χ2n) is 9.60. The number of aromatic nitrogens is 2. The highest BCUT2D eigenvalue weighted by atomic mass is 14.9. The lowest BCUT2D eigenvalue weighted by Gasteiger charge is -2.43. The van der Waals surface area contributed by atoms with Gasteiger partial charge >= 0.3 is 0 Å². The summed E-state index contributed by atoms with van der Waals surface area (Å²) in [6, 6.07) is 43.5. The molecule has 0 atom stereocenters. The van der Waals surface area contributed by atoms with Gasteiger partial charge in [0.1, 0.15) is 0 Å². The van der Waals surface area contributed by atoms with E-state index in [1.165, 1.54) is 27.8 Å². The van der Waals surface area contributed by atoms with Crippen molar-refractivity contribution in [3.05, 3.63) is 168 Å². The number of hydrogen-bond acceptors (Lipinski definition) is 3. The summed E-state index contributed by atoms with van der Waals surface area (Å²) < 4.78 is 0. The Morgan fingerprint density at radius 1 is 0.421 bits per heavy atom. The fraction of sp³-hybridized carbons (Fsp3) is 0.0286. The molecule has 0 fully saturated rings. The zero-order valence-corrected chi connectivity index (χ0v) is 20.8. The maximum atomic E-state index is 4.23. The van der Waals surface area contributed by atoms with Gasteiger partial charge in [-0.25, -0.2) is 0 Å². The maximum absolute atomic E-state index is 4.23. The van der Waals surface area contributed by atoms with Crippen molar-refractivity contribution in [3.8, 4) is 22.3 Å². The van der Waals surface area contributed by atoms with E-state index in [-0.39, 0.29) is 0 Å². The first-order valence-corrected chi connectivity index (χ1v) is 12.8. The van der Waals surface area contributed by atoms with Gasteiger partial charge in [0.15, 0.2) is 0 Å². The first-order chi connectivity index (χ1) is 18.8. The zero-order valence-electron chi connectivity index (χ0n) is 20.8. The van der Waals surface area contributed by atoms with E-state index in [1.54, 1.807) is 0 Å². The fourth-order valence-electron chi connectivity index (χ4n) is 5.84. The molecule has 6 aromatic rings. The highest BCUT2D eigenvalue weighted by Gasteiger charge is 2.44. The molecule has 0 spiro atoms. The van der Waals surface area contributed by atoms with E-state index in [2.05, 4.69) is 137 Å². The molecule has 38 heavy (non-hydrogen) atoms. The van der Waals surface area contributed by atoms with Crippen molar-refractivity contribution in [2.45, 2.75) is 5.41 Å². The predicted molar refractivity (Wildman–Crippen MR) is 154 cm³/mol. The molecule has 3 nitrogen and oxygen atoms in total. The molecule has 1 N–H and O–H groups in total. The predicted octanol–water partition coefficient (Wildman–Crippen LogP) is 8.25. The van der Waals surface area contributed by atoms with E-state index in [0.29, 0.717) is 0 Å². The van der Waals surface area contributed by atoms with Crippen LogP contribution in [0.3, 0.4) is 0 Å². The lowest BCUT2D eigenvalue weighted by atomic mass is 9.62. The second-order valence-corrected chi connectivity index (χ2v) is 9.60. The van der Waals surface area contributed by atoms with Crippen LogP contribution in [-0.4, -0.2) is 9.97 Å². The summed E-state index contributed by atoms with van der Waals surface area (Å²) in [5.74, 6) is 0.